The van der Waals surface area contributed by atoms with Crippen LogP contribution in [0.3, 0.4) is 0 Å². The lowest BCUT2D eigenvalue weighted by atomic mass is 9.99. The molecule has 3 aromatic carbocycles. The van der Waals surface area contributed by atoms with Crippen LogP contribution in [0, 0.1) is 0 Å². The SMILES string of the molecule is CC(Nc1cc(Br)ccc1Cl)c1cccc2ccccc12. The van der Waals surface area contributed by atoms with E-state index in [4.69, 9.17) is 11.6 Å². The Morgan fingerprint density at radius 3 is 2.62 bits per heavy atom. The smallest absolute Gasteiger partial charge is 0.0638 e. The van der Waals surface area contributed by atoms with Crippen LogP contribution >= 0.6 is 27.5 Å². The molecule has 0 aliphatic rings. The maximum Gasteiger partial charge on any atom is 0.0638 e. The fraction of sp³-hybridized carbons (Fsp3) is 0.111. The highest BCUT2D eigenvalue weighted by atomic mass is 79.9. The molecular weight excluding hydrogens is 346 g/mol. The van der Waals surface area contributed by atoms with Crippen molar-refractivity contribution in [3.05, 3.63) is 75.7 Å². The van der Waals surface area contributed by atoms with Gasteiger partial charge in [-0.05, 0) is 41.5 Å². The molecule has 0 radical (unpaired) electrons. The molecule has 0 bridgehead atoms. The van der Waals surface area contributed by atoms with E-state index in [-0.39, 0.29) is 6.04 Å². The number of halogens is 2. The molecule has 21 heavy (non-hydrogen) atoms. The molecule has 1 N–H and O–H groups in total. The van der Waals surface area contributed by atoms with E-state index in [0.717, 1.165) is 15.2 Å². The van der Waals surface area contributed by atoms with Crippen molar-refractivity contribution in [1.82, 2.24) is 0 Å². The van der Waals surface area contributed by atoms with Crippen molar-refractivity contribution in [3.63, 3.8) is 0 Å². The average molecular weight is 361 g/mol. The van der Waals surface area contributed by atoms with E-state index in [9.17, 15) is 0 Å². The first kappa shape index (κ1) is 14.4. The maximum absolute atomic E-state index is 6.26. The van der Waals surface area contributed by atoms with Crippen LogP contribution in [0.5, 0.6) is 0 Å². The van der Waals surface area contributed by atoms with Crippen molar-refractivity contribution in [2.24, 2.45) is 0 Å². The first-order valence-electron chi connectivity index (χ1n) is 6.84. The largest absolute Gasteiger partial charge is 0.377 e. The first-order chi connectivity index (χ1) is 10.1. The predicted octanol–water partition coefficient (Wildman–Crippen LogP) is 6.43. The summed E-state index contributed by atoms with van der Waals surface area (Å²) in [6.45, 7) is 2.15. The number of fused-ring (bicyclic) bond motifs is 1. The van der Waals surface area contributed by atoms with Gasteiger partial charge in [-0.3, -0.25) is 0 Å². The summed E-state index contributed by atoms with van der Waals surface area (Å²) in [6, 6.07) is 20.8. The Morgan fingerprint density at radius 2 is 1.76 bits per heavy atom. The Morgan fingerprint density at radius 1 is 1.00 bits per heavy atom. The molecule has 0 aromatic heterocycles. The van der Waals surface area contributed by atoms with Gasteiger partial charge in [0.2, 0.25) is 0 Å². The van der Waals surface area contributed by atoms with E-state index in [2.05, 4.69) is 70.6 Å². The highest BCUT2D eigenvalue weighted by Gasteiger charge is 2.11. The topological polar surface area (TPSA) is 12.0 Å². The van der Waals surface area contributed by atoms with Crippen LogP contribution in [0.25, 0.3) is 10.8 Å². The highest BCUT2D eigenvalue weighted by molar-refractivity contribution is 9.10. The molecule has 0 aliphatic heterocycles. The van der Waals surface area contributed by atoms with E-state index < -0.39 is 0 Å². The van der Waals surface area contributed by atoms with Crippen LogP contribution in [0.2, 0.25) is 5.02 Å². The van der Waals surface area contributed by atoms with Gasteiger partial charge in [-0.1, -0.05) is 70.0 Å². The Balaban J connectivity index is 1.97. The van der Waals surface area contributed by atoms with Gasteiger partial charge in [0.05, 0.1) is 10.7 Å². The van der Waals surface area contributed by atoms with Crippen molar-refractivity contribution in [3.8, 4) is 0 Å². The Hall–Kier alpha value is -1.51. The number of nitrogens with one attached hydrogen (secondary N) is 1. The van der Waals surface area contributed by atoms with E-state index >= 15 is 0 Å². The summed E-state index contributed by atoms with van der Waals surface area (Å²) in [7, 11) is 0. The van der Waals surface area contributed by atoms with Crippen LogP contribution in [-0.2, 0) is 0 Å². The van der Waals surface area contributed by atoms with E-state index in [1.165, 1.54) is 16.3 Å². The van der Waals surface area contributed by atoms with E-state index in [1.54, 1.807) is 0 Å². The Bertz CT molecular complexity index is 780. The third-order valence-corrected chi connectivity index (χ3v) is 4.41. The number of rotatable bonds is 3. The minimum absolute atomic E-state index is 0.169. The minimum atomic E-state index is 0.169. The molecule has 1 unspecified atom stereocenters. The summed E-state index contributed by atoms with van der Waals surface area (Å²) in [6.07, 6.45) is 0. The summed E-state index contributed by atoms with van der Waals surface area (Å²) in [5.74, 6) is 0. The van der Waals surface area contributed by atoms with Crippen LogP contribution < -0.4 is 5.32 Å². The van der Waals surface area contributed by atoms with Crippen LogP contribution in [0.15, 0.2) is 65.1 Å². The molecular formula is C18H15BrClN. The third kappa shape index (κ3) is 3.07. The number of hydrogen-bond donors (Lipinski definition) is 1. The molecule has 0 saturated carbocycles. The van der Waals surface area contributed by atoms with Gasteiger partial charge in [-0.15, -0.1) is 0 Å². The second kappa shape index (κ2) is 6.08. The van der Waals surface area contributed by atoms with E-state index in [1.807, 2.05) is 18.2 Å². The summed E-state index contributed by atoms with van der Waals surface area (Å²) in [5.41, 5.74) is 2.20. The molecule has 3 aromatic rings. The van der Waals surface area contributed by atoms with Crippen LogP contribution in [0.4, 0.5) is 5.69 Å². The fourth-order valence-corrected chi connectivity index (χ4v) is 3.08. The summed E-state index contributed by atoms with van der Waals surface area (Å²) in [5, 5.41) is 6.75. The summed E-state index contributed by atoms with van der Waals surface area (Å²) in [4.78, 5) is 0. The number of benzene rings is 3. The van der Waals surface area contributed by atoms with Gasteiger partial charge in [0.25, 0.3) is 0 Å². The van der Waals surface area contributed by atoms with Gasteiger partial charge in [0.1, 0.15) is 0 Å². The lowest BCUT2D eigenvalue weighted by molar-refractivity contribution is 0.894. The van der Waals surface area contributed by atoms with Gasteiger partial charge < -0.3 is 5.32 Å². The Kier molecular flexibility index (Phi) is 4.18. The zero-order valence-corrected chi connectivity index (χ0v) is 13.9. The van der Waals surface area contributed by atoms with Crippen LogP contribution in [-0.4, -0.2) is 0 Å². The highest BCUT2D eigenvalue weighted by Crippen LogP contribution is 2.31. The molecule has 0 amide bonds. The van der Waals surface area contributed by atoms with Gasteiger partial charge in [0.15, 0.2) is 0 Å². The van der Waals surface area contributed by atoms with Crippen molar-refractivity contribution in [2.45, 2.75) is 13.0 Å². The molecule has 0 fully saturated rings. The molecule has 3 heteroatoms. The third-order valence-electron chi connectivity index (χ3n) is 3.59. The zero-order valence-electron chi connectivity index (χ0n) is 11.6. The molecule has 1 atom stereocenters. The zero-order chi connectivity index (χ0) is 14.8. The molecule has 0 aliphatic carbocycles. The summed E-state index contributed by atoms with van der Waals surface area (Å²) >= 11 is 9.75. The molecule has 3 rings (SSSR count). The number of anilines is 1. The van der Waals surface area contributed by atoms with Crippen LogP contribution in [0.1, 0.15) is 18.5 Å². The maximum atomic E-state index is 6.26. The monoisotopic (exact) mass is 359 g/mol. The summed E-state index contributed by atoms with van der Waals surface area (Å²) < 4.78 is 1.01. The fourth-order valence-electron chi connectivity index (χ4n) is 2.55. The molecule has 0 heterocycles. The van der Waals surface area contributed by atoms with Gasteiger partial charge in [-0.25, -0.2) is 0 Å². The van der Waals surface area contributed by atoms with Gasteiger partial charge >= 0.3 is 0 Å². The second-order valence-electron chi connectivity index (χ2n) is 5.06. The standard InChI is InChI=1S/C18H15BrClN/c1-12(21-18-11-14(19)9-10-17(18)20)15-8-4-6-13-5-2-3-7-16(13)15/h2-12,21H,1H3. The number of hydrogen-bond acceptors (Lipinski definition) is 1. The van der Waals surface area contributed by atoms with Crippen molar-refractivity contribution >= 4 is 44.0 Å². The minimum Gasteiger partial charge on any atom is -0.377 e. The lowest BCUT2D eigenvalue weighted by Crippen LogP contribution is -2.07. The quantitative estimate of drug-likeness (QED) is 0.567. The first-order valence-corrected chi connectivity index (χ1v) is 8.01. The Labute approximate surface area is 138 Å². The molecule has 0 spiro atoms. The normalized spacial score (nSPS) is 12.3. The molecule has 1 nitrogen and oxygen atoms in total. The molecule has 0 saturated heterocycles. The molecule has 106 valence electrons. The lowest BCUT2D eigenvalue weighted by Gasteiger charge is -2.19. The van der Waals surface area contributed by atoms with Gasteiger partial charge in [-0.2, -0.15) is 0 Å². The van der Waals surface area contributed by atoms with Crippen molar-refractivity contribution in [2.75, 3.05) is 5.32 Å². The van der Waals surface area contributed by atoms with E-state index in [0.29, 0.717) is 0 Å². The van der Waals surface area contributed by atoms with Gasteiger partial charge in [0, 0.05) is 10.5 Å². The second-order valence-corrected chi connectivity index (χ2v) is 6.38. The van der Waals surface area contributed by atoms with Crippen molar-refractivity contribution < 1.29 is 0 Å². The predicted molar refractivity (Wildman–Crippen MR) is 95.1 cm³/mol. The average Bonchev–Trinajstić information content (AvgIpc) is 2.50. The van der Waals surface area contributed by atoms with Crippen molar-refractivity contribution in [1.29, 1.82) is 0 Å².